The molecule has 1 saturated carbocycles. The van der Waals surface area contributed by atoms with Crippen molar-refractivity contribution in [1.29, 1.82) is 0 Å². The van der Waals surface area contributed by atoms with E-state index in [2.05, 4.69) is 21.2 Å². The summed E-state index contributed by atoms with van der Waals surface area (Å²) >= 11 is 3.45. The van der Waals surface area contributed by atoms with Crippen LogP contribution < -0.4 is 5.32 Å². The van der Waals surface area contributed by atoms with Gasteiger partial charge in [-0.05, 0) is 19.3 Å². The van der Waals surface area contributed by atoms with Crippen molar-refractivity contribution in [3.8, 4) is 0 Å². The van der Waals surface area contributed by atoms with Crippen molar-refractivity contribution < 1.29 is 14.3 Å². The van der Waals surface area contributed by atoms with E-state index in [-0.39, 0.29) is 11.4 Å². The lowest BCUT2D eigenvalue weighted by atomic mass is 9.78. The predicted octanol–water partition coefficient (Wildman–Crippen LogP) is 0.836. The Morgan fingerprint density at radius 3 is 2.73 bits per heavy atom. The Morgan fingerprint density at radius 2 is 2.27 bits per heavy atom. The van der Waals surface area contributed by atoms with Crippen LogP contribution in [0.1, 0.15) is 19.3 Å². The Kier molecular flexibility index (Phi) is 3.64. The van der Waals surface area contributed by atoms with E-state index < -0.39 is 6.10 Å². The molecular formula is C10H16BrNO3. The molecule has 0 radical (unpaired) electrons. The smallest absolute Gasteiger partial charge is 0.252 e. The maximum absolute atomic E-state index is 11.8. The average Bonchev–Trinajstić information content (AvgIpc) is 2.24. The number of ether oxygens (including phenoxy) is 2. The molecule has 1 N–H and O–H groups in total. The van der Waals surface area contributed by atoms with Crippen LogP contribution in [-0.2, 0) is 14.3 Å². The summed E-state index contributed by atoms with van der Waals surface area (Å²) in [5, 5.41) is 3.88. The van der Waals surface area contributed by atoms with Crippen molar-refractivity contribution in [2.24, 2.45) is 0 Å². The summed E-state index contributed by atoms with van der Waals surface area (Å²) in [4.78, 5) is 11.8. The van der Waals surface area contributed by atoms with Crippen molar-refractivity contribution in [3.05, 3.63) is 0 Å². The fourth-order valence-corrected chi connectivity index (χ4v) is 2.58. The minimum atomic E-state index is -0.421. The molecule has 2 aliphatic rings. The van der Waals surface area contributed by atoms with E-state index in [4.69, 9.17) is 9.47 Å². The second kappa shape index (κ2) is 4.80. The zero-order valence-corrected chi connectivity index (χ0v) is 10.2. The number of hydrogen-bond acceptors (Lipinski definition) is 3. The molecule has 2 rings (SSSR count). The van der Waals surface area contributed by atoms with Crippen molar-refractivity contribution in [2.75, 3.05) is 25.2 Å². The molecule has 0 bridgehead atoms. The van der Waals surface area contributed by atoms with Gasteiger partial charge in [0, 0.05) is 10.9 Å². The van der Waals surface area contributed by atoms with Gasteiger partial charge in [0.1, 0.15) is 0 Å². The molecule has 1 aliphatic carbocycles. The van der Waals surface area contributed by atoms with Crippen molar-refractivity contribution in [2.45, 2.75) is 30.9 Å². The van der Waals surface area contributed by atoms with Crippen LogP contribution in [-0.4, -0.2) is 42.7 Å². The van der Waals surface area contributed by atoms with Crippen LogP contribution in [0.5, 0.6) is 0 Å². The van der Waals surface area contributed by atoms with E-state index in [0.29, 0.717) is 19.8 Å². The van der Waals surface area contributed by atoms with Gasteiger partial charge in [-0.25, -0.2) is 0 Å². The van der Waals surface area contributed by atoms with Gasteiger partial charge in [-0.3, -0.25) is 4.79 Å². The predicted molar refractivity (Wildman–Crippen MR) is 59.1 cm³/mol. The summed E-state index contributed by atoms with van der Waals surface area (Å²) in [7, 11) is 0. The quantitative estimate of drug-likeness (QED) is 0.778. The van der Waals surface area contributed by atoms with Crippen molar-refractivity contribution >= 4 is 21.8 Å². The largest absolute Gasteiger partial charge is 0.376 e. The van der Waals surface area contributed by atoms with E-state index in [1.54, 1.807) is 0 Å². The van der Waals surface area contributed by atoms with Gasteiger partial charge in [0.2, 0.25) is 0 Å². The van der Waals surface area contributed by atoms with E-state index in [1.165, 1.54) is 6.42 Å². The Hall–Kier alpha value is -0.130. The molecule has 1 atom stereocenters. The molecule has 0 aromatic heterocycles. The minimum absolute atomic E-state index is 0.0299. The fraction of sp³-hybridized carbons (Fsp3) is 0.900. The highest BCUT2D eigenvalue weighted by Crippen LogP contribution is 2.33. The second-order valence-corrected chi connectivity index (χ2v) is 4.75. The van der Waals surface area contributed by atoms with E-state index in [0.717, 1.165) is 18.2 Å². The Bertz CT molecular complexity index is 231. The number of nitrogens with one attached hydrogen (secondary N) is 1. The number of halogens is 1. The van der Waals surface area contributed by atoms with Crippen LogP contribution in [0.3, 0.4) is 0 Å². The summed E-state index contributed by atoms with van der Waals surface area (Å²) < 4.78 is 10.6. The second-order valence-electron chi connectivity index (χ2n) is 4.19. The first-order valence-corrected chi connectivity index (χ1v) is 6.45. The maximum atomic E-state index is 11.8. The number of alkyl halides is 1. The molecule has 1 unspecified atom stereocenters. The topological polar surface area (TPSA) is 47.6 Å². The van der Waals surface area contributed by atoms with Crippen LogP contribution >= 0.6 is 15.9 Å². The Morgan fingerprint density at radius 1 is 1.47 bits per heavy atom. The first kappa shape index (κ1) is 11.4. The lowest BCUT2D eigenvalue weighted by molar-refractivity contribution is -0.150. The van der Waals surface area contributed by atoms with Gasteiger partial charge in [0.05, 0.1) is 19.8 Å². The van der Waals surface area contributed by atoms with Crippen LogP contribution in [0, 0.1) is 0 Å². The number of hydrogen-bond donors (Lipinski definition) is 1. The van der Waals surface area contributed by atoms with E-state index in [9.17, 15) is 4.79 Å². The van der Waals surface area contributed by atoms with Gasteiger partial charge >= 0.3 is 0 Å². The third-order valence-corrected chi connectivity index (χ3v) is 4.14. The average molecular weight is 278 g/mol. The molecule has 15 heavy (non-hydrogen) atoms. The maximum Gasteiger partial charge on any atom is 0.252 e. The molecule has 0 spiro atoms. The van der Waals surface area contributed by atoms with Crippen LogP contribution in [0.25, 0.3) is 0 Å². The van der Waals surface area contributed by atoms with E-state index >= 15 is 0 Å². The van der Waals surface area contributed by atoms with Gasteiger partial charge in [0.25, 0.3) is 5.91 Å². The zero-order chi connectivity index (χ0) is 10.7. The molecule has 0 aromatic carbocycles. The molecule has 0 aromatic rings. The molecule has 1 saturated heterocycles. The lowest BCUT2D eigenvalue weighted by Crippen LogP contribution is -2.58. The lowest BCUT2D eigenvalue weighted by Gasteiger charge is -2.42. The monoisotopic (exact) mass is 277 g/mol. The SMILES string of the molecule is O=C(NC1(CBr)CCC1)C1COCCO1. The van der Waals surface area contributed by atoms with Gasteiger partial charge in [0.15, 0.2) is 6.10 Å². The first-order chi connectivity index (χ1) is 7.26. The fourth-order valence-electron chi connectivity index (χ4n) is 1.88. The van der Waals surface area contributed by atoms with Gasteiger partial charge in [-0.1, -0.05) is 15.9 Å². The number of carbonyl (C=O) groups excluding carboxylic acids is 1. The van der Waals surface area contributed by atoms with Crippen LogP contribution in [0.15, 0.2) is 0 Å². The highest BCUT2D eigenvalue weighted by Gasteiger charge is 2.39. The molecule has 86 valence electrons. The molecule has 4 nitrogen and oxygen atoms in total. The van der Waals surface area contributed by atoms with Gasteiger partial charge in [-0.15, -0.1) is 0 Å². The highest BCUT2D eigenvalue weighted by molar-refractivity contribution is 9.09. The minimum Gasteiger partial charge on any atom is -0.376 e. The molecular weight excluding hydrogens is 262 g/mol. The van der Waals surface area contributed by atoms with Crippen molar-refractivity contribution in [1.82, 2.24) is 5.32 Å². The van der Waals surface area contributed by atoms with Gasteiger partial charge < -0.3 is 14.8 Å². The normalized spacial score (nSPS) is 29.3. The zero-order valence-electron chi connectivity index (χ0n) is 8.63. The summed E-state index contributed by atoms with van der Waals surface area (Å²) in [5.74, 6) is -0.0335. The summed E-state index contributed by atoms with van der Waals surface area (Å²) in [6.07, 6.45) is 2.87. The van der Waals surface area contributed by atoms with Gasteiger partial charge in [-0.2, -0.15) is 0 Å². The first-order valence-electron chi connectivity index (χ1n) is 5.33. The third kappa shape index (κ3) is 2.52. The van der Waals surface area contributed by atoms with Crippen LogP contribution in [0.2, 0.25) is 0 Å². The van der Waals surface area contributed by atoms with Crippen LogP contribution in [0.4, 0.5) is 0 Å². The third-order valence-electron chi connectivity index (χ3n) is 3.06. The Balaban J connectivity index is 1.85. The Labute approximate surface area is 97.8 Å². The highest BCUT2D eigenvalue weighted by atomic mass is 79.9. The molecule has 2 fully saturated rings. The number of rotatable bonds is 3. The molecule has 1 heterocycles. The molecule has 1 amide bonds. The standard InChI is InChI=1S/C10H16BrNO3/c11-7-10(2-1-3-10)12-9(13)8-6-14-4-5-15-8/h8H,1-7H2,(H,12,13). The summed E-state index contributed by atoms with van der Waals surface area (Å²) in [5.41, 5.74) is -0.0299. The summed E-state index contributed by atoms with van der Waals surface area (Å²) in [6.45, 7) is 1.48. The number of carbonyl (C=O) groups is 1. The van der Waals surface area contributed by atoms with E-state index in [1.807, 2.05) is 0 Å². The number of amides is 1. The molecule has 5 heteroatoms. The van der Waals surface area contributed by atoms with Crippen molar-refractivity contribution in [3.63, 3.8) is 0 Å². The molecule has 1 aliphatic heterocycles. The summed E-state index contributed by atoms with van der Waals surface area (Å²) in [6, 6.07) is 0.